The molecule has 0 spiro atoms. The van der Waals surface area contributed by atoms with Crippen LogP contribution in [0.1, 0.15) is 52.2 Å². The summed E-state index contributed by atoms with van der Waals surface area (Å²) in [5.41, 5.74) is 2.27. The Bertz CT molecular complexity index is 767. The van der Waals surface area contributed by atoms with Crippen molar-refractivity contribution in [3.05, 3.63) is 56.5 Å². The summed E-state index contributed by atoms with van der Waals surface area (Å²) in [7, 11) is 0. The predicted molar refractivity (Wildman–Crippen MR) is 131 cm³/mol. The summed E-state index contributed by atoms with van der Waals surface area (Å²) in [4.78, 5) is 0. The van der Waals surface area contributed by atoms with Crippen molar-refractivity contribution in [2.75, 3.05) is 19.1 Å². The average Bonchev–Trinajstić information content (AvgIpc) is 2.71. The van der Waals surface area contributed by atoms with Crippen LogP contribution in [0, 0.1) is 11.8 Å². The van der Waals surface area contributed by atoms with Crippen LogP contribution < -0.4 is 9.47 Å². The van der Waals surface area contributed by atoms with Crippen LogP contribution in [0.15, 0.2) is 45.3 Å². The molecule has 0 aliphatic heterocycles. The molecule has 0 saturated heterocycles. The lowest BCUT2D eigenvalue weighted by Crippen LogP contribution is -2.19. The number of benzene rings is 2. The van der Waals surface area contributed by atoms with Gasteiger partial charge in [0.25, 0.3) is 0 Å². The first-order valence-electron chi connectivity index (χ1n) is 10.1. The summed E-state index contributed by atoms with van der Waals surface area (Å²) in [6.45, 7) is 12.3. The molecule has 2 rings (SSSR count). The molecular formula is C24H31Br2ClO2. The number of rotatable bonds is 10. The summed E-state index contributed by atoms with van der Waals surface area (Å²) in [5.74, 6) is 3.18. The van der Waals surface area contributed by atoms with Crippen molar-refractivity contribution >= 4 is 43.5 Å². The summed E-state index contributed by atoms with van der Waals surface area (Å²) in [6.07, 6.45) is 1.12. The minimum absolute atomic E-state index is 0.164. The second-order valence-electron chi connectivity index (χ2n) is 8.31. The van der Waals surface area contributed by atoms with E-state index in [0.29, 0.717) is 24.3 Å². The molecule has 0 heterocycles. The van der Waals surface area contributed by atoms with Gasteiger partial charge in [0, 0.05) is 17.2 Å². The van der Waals surface area contributed by atoms with Crippen molar-refractivity contribution in [3.63, 3.8) is 0 Å². The Balaban J connectivity index is 2.19. The molecule has 0 saturated carbocycles. The Hall–Kier alpha value is -0.710. The average molecular weight is 547 g/mol. The van der Waals surface area contributed by atoms with E-state index in [4.69, 9.17) is 21.1 Å². The summed E-state index contributed by atoms with van der Waals surface area (Å²) >= 11 is 13.3. The number of hydrogen-bond acceptors (Lipinski definition) is 2. The van der Waals surface area contributed by atoms with Gasteiger partial charge in [0.2, 0.25) is 0 Å². The number of ether oxygens (including phenoxy) is 2. The predicted octanol–water partition coefficient (Wildman–Crippen LogP) is 8.22. The third-order valence-corrected chi connectivity index (χ3v) is 7.01. The van der Waals surface area contributed by atoms with Gasteiger partial charge in [-0.3, -0.25) is 0 Å². The second kappa shape index (κ2) is 11.1. The minimum atomic E-state index is -0.164. The van der Waals surface area contributed by atoms with Crippen LogP contribution in [0.2, 0.25) is 0 Å². The Morgan fingerprint density at radius 2 is 1.45 bits per heavy atom. The van der Waals surface area contributed by atoms with E-state index in [1.807, 2.05) is 0 Å². The smallest absolute Gasteiger partial charge is 0.147 e. The molecule has 0 unspecified atom stereocenters. The van der Waals surface area contributed by atoms with Gasteiger partial charge in [0.05, 0.1) is 22.2 Å². The molecule has 2 aromatic carbocycles. The Morgan fingerprint density at radius 3 is 1.97 bits per heavy atom. The number of halogens is 3. The maximum Gasteiger partial charge on any atom is 0.147 e. The van der Waals surface area contributed by atoms with Crippen LogP contribution in [0.4, 0.5) is 0 Å². The fraction of sp³-hybridized carbons (Fsp3) is 0.500. The van der Waals surface area contributed by atoms with Crippen LogP contribution in [0.3, 0.4) is 0 Å². The first kappa shape index (κ1) is 24.6. The van der Waals surface area contributed by atoms with E-state index in [1.165, 1.54) is 11.1 Å². The lowest BCUT2D eigenvalue weighted by Gasteiger charge is -2.27. The molecule has 2 aromatic rings. The third-order valence-electron chi connectivity index (χ3n) is 5.30. The van der Waals surface area contributed by atoms with Crippen LogP contribution in [0.25, 0.3) is 0 Å². The zero-order chi connectivity index (χ0) is 21.6. The summed E-state index contributed by atoms with van der Waals surface area (Å²) in [5, 5.41) is 0. The molecule has 29 heavy (non-hydrogen) atoms. The van der Waals surface area contributed by atoms with Crippen molar-refractivity contribution in [1.82, 2.24) is 0 Å². The highest BCUT2D eigenvalue weighted by Crippen LogP contribution is 2.41. The van der Waals surface area contributed by atoms with E-state index in [0.717, 1.165) is 33.5 Å². The van der Waals surface area contributed by atoms with Gasteiger partial charge in [-0.05, 0) is 73.2 Å². The minimum Gasteiger partial charge on any atom is -0.493 e. The lowest BCUT2D eigenvalue weighted by atomic mass is 9.78. The normalized spacial score (nSPS) is 13.8. The topological polar surface area (TPSA) is 18.5 Å². The molecule has 0 aromatic heterocycles. The monoisotopic (exact) mass is 544 g/mol. The van der Waals surface area contributed by atoms with Crippen LogP contribution in [0.5, 0.6) is 11.5 Å². The maximum absolute atomic E-state index is 5.97. The third kappa shape index (κ3) is 6.63. The number of hydrogen-bond donors (Lipinski definition) is 0. The fourth-order valence-electron chi connectivity index (χ4n) is 2.82. The van der Waals surface area contributed by atoms with Gasteiger partial charge in [0.1, 0.15) is 11.5 Å². The standard InChI is InChI=1S/C24H31Br2ClO2/c1-6-16(2)14-28-20-9-7-18(8-10-20)24(4,5)19-11-21(25)23(22(26)12-19)29-15-17(3)13-27/h7-12,16-17H,6,13-15H2,1-5H3/t16-,17+/m1/s1. The zero-order valence-corrected chi connectivity index (χ0v) is 21.8. The van der Waals surface area contributed by atoms with E-state index >= 15 is 0 Å². The molecule has 2 nitrogen and oxygen atoms in total. The Morgan fingerprint density at radius 1 is 0.897 bits per heavy atom. The van der Waals surface area contributed by atoms with Crippen molar-refractivity contribution < 1.29 is 9.47 Å². The molecule has 0 aliphatic rings. The van der Waals surface area contributed by atoms with Crippen LogP contribution in [-0.4, -0.2) is 19.1 Å². The van der Waals surface area contributed by atoms with Gasteiger partial charge >= 0.3 is 0 Å². The Labute approximate surface area is 197 Å². The Kier molecular flexibility index (Phi) is 9.37. The van der Waals surface area contributed by atoms with Crippen LogP contribution >= 0.6 is 43.5 Å². The van der Waals surface area contributed by atoms with E-state index < -0.39 is 0 Å². The second-order valence-corrected chi connectivity index (χ2v) is 10.3. The molecule has 0 radical (unpaired) electrons. The van der Waals surface area contributed by atoms with Crippen molar-refractivity contribution in [1.29, 1.82) is 0 Å². The van der Waals surface area contributed by atoms with E-state index in [1.54, 1.807) is 0 Å². The highest BCUT2D eigenvalue weighted by Gasteiger charge is 2.25. The molecule has 0 N–H and O–H groups in total. The summed E-state index contributed by atoms with van der Waals surface area (Å²) in [6, 6.07) is 12.7. The van der Waals surface area contributed by atoms with Crippen molar-refractivity contribution in [2.24, 2.45) is 11.8 Å². The van der Waals surface area contributed by atoms with Crippen molar-refractivity contribution in [3.8, 4) is 11.5 Å². The van der Waals surface area contributed by atoms with E-state index in [-0.39, 0.29) is 5.41 Å². The molecule has 0 aliphatic carbocycles. The van der Waals surface area contributed by atoms with Crippen LogP contribution in [-0.2, 0) is 5.41 Å². The van der Waals surface area contributed by atoms with E-state index in [9.17, 15) is 0 Å². The van der Waals surface area contributed by atoms with Gasteiger partial charge in [-0.1, -0.05) is 53.2 Å². The van der Waals surface area contributed by atoms with Gasteiger partial charge in [-0.25, -0.2) is 0 Å². The summed E-state index contributed by atoms with van der Waals surface area (Å²) < 4.78 is 13.7. The molecule has 0 fully saturated rings. The molecular weight excluding hydrogens is 516 g/mol. The molecule has 2 atom stereocenters. The molecule has 5 heteroatoms. The lowest BCUT2D eigenvalue weighted by molar-refractivity contribution is 0.256. The van der Waals surface area contributed by atoms with Gasteiger partial charge in [-0.15, -0.1) is 11.6 Å². The fourth-order valence-corrected chi connectivity index (χ4v) is 4.32. The first-order valence-corrected chi connectivity index (χ1v) is 12.2. The first-order chi connectivity index (χ1) is 13.7. The van der Waals surface area contributed by atoms with Crippen molar-refractivity contribution in [2.45, 2.75) is 46.5 Å². The van der Waals surface area contributed by atoms with Gasteiger partial charge in [0.15, 0.2) is 0 Å². The maximum atomic E-state index is 5.97. The SMILES string of the molecule is CC[C@@H](C)COc1ccc(C(C)(C)c2cc(Br)c(OC[C@@H](C)CCl)c(Br)c2)cc1. The number of alkyl halides is 1. The van der Waals surface area contributed by atoms with Gasteiger partial charge < -0.3 is 9.47 Å². The van der Waals surface area contributed by atoms with E-state index in [2.05, 4.69) is 103 Å². The highest BCUT2D eigenvalue weighted by molar-refractivity contribution is 9.11. The zero-order valence-electron chi connectivity index (χ0n) is 17.9. The van der Waals surface area contributed by atoms with Gasteiger partial charge in [-0.2, -0.15) is 0 Å². The highest BCUT2D eigenvalue weighted by atomic mass is 79.9. The quantitative estimate of drug-likeness (QED) is 0.280. The molecule has 0 bridgehead atoms. The molecule has 160 valence electrons. The molecule has 0 amide bonds. The largest absolute Gasteiger partial charge is 0.493 e.